The van der Waals surface area contributed by atoms with Crippen LogP contribution in [0.15, 0.2) is 0 Å². The monoisotopic (exact) mass is 201 g/mol. The van der Waals surface area contributed by atoms with Gasteiger partial charge in [0.2, 0.25) is 0 Å². The second-order valence-electron chi connectivity index (χ2n) is 3.02. The maximum atomic E-state index is 11.2. The molecule has 0 aromatic carbocycles. The van der Waals surface area contributed by atoms with Crippen molar-refractivity contribution in [3.63, 3.8) is 0 Å². The maximum absolute atomic E-state index is 11.2. The molecular weight excluding hydrogens is 186 g/mol. The van der Waals surface area contributed by atoms with Gasteiger partial charge in [-0.1, -0.05) is 6.92 Å². The average molecular weight is 201 g/mol. The summed E-state index contributed by atoms with van der Waals surface area (Å²) in [6.07, 6.45) is -0.463. The Balaban J connectivity index is 2.24. The molecule has 0 bridgehead atoms. The van der Waals surface area contributed by atoms with E-state index in [2.05, 4.69) is 5.32 Å². The zero-order valence-corrected chi connectivity index (χ0v) is 8.41. The third kappa shape index (κ3) is 2.70. The summed E-state index contributed by atoms with van der Waals surface area (Å²) in [5.41, 5.74) is 0. The van der Waals surface area contributed by atoms with E-state index in [9.17, 15) is 9.59 Å². The molecule has 5 nitrogen and oxygen atoms in total. The first-order chi connectivity index (χ1) is 6.70. The highest BCUT2D eigenvalue weighted by atomic mass is 16.6. The van der Waals surface area contributed by atoms with Crippen LogP contribution in [0.4, 0.5) is 0 Å². The summed E-state index contributed by atoms with van der Waals surface area (Å²) in [5.74, 6) is -0.686. The third-order valence-electron chi connectivity index (χ3n) is 1.82. The summed E-state index contributed by atoms with van der Waals surface area (Å²) in [7, 11) is 0. The fraction of sp³-hybridized carbons (Fsp3) is 0.778. The van der Waals surface area contributed by atoms with Crippen LogP contribution in [0, 0.1) is 0 Å². The molecule has 0 aromatic heterocycles. The van der Waals surface area contributed by atoms with E-state index in [0.29, 0.717) is 13.2 Å². The van der Waals surface area contributed by atoms with Crippen molar-refractivity contribution in [3.8, 4) is 0 Å². The number of carbonyl (C=O) groups excluding carboxylic acids is 2. The smallest absolute Gasteiger partial charge is 0.338 e. The van der Waals surface area contributed by atoms with Crippen LogP contribution in [-0.4, -0.2) is 37.2 Å². The molecule has 1 fully saturated rings. The van der Waals surface area contributed by atoms with Gasteiger partial charge in [0, 0.05) is 6.54 Å². The van der Waals surface area contributed by atoms with Crippen LogP contribution in [0.25, 0.3) is 0 Å². The number of nitrogens with one attached hydrogen (secondary N) is 1. The standard InChI is InChI=1S/C9H15NO4/c1-3-5-10-8(11)6-7(14-6)9(12)13-4-2/h6-7H,3-5H2,1-2H3,(H,10,11)/t6-,7-/m1/s1. The van der Waals surface area contributed by atoms with E-state index in [1.165, 1.54) is 0 Å². The summed E-state index contributed by atoms with van der Waals surface area (Å²) in [6, 6.07) is 0. The van der Waals surface area contributed by atoms with Gasteiger partial charge in [-0.05, 0) is 13.3 Å². The Morgan fingerprint density at radius 1 is 1.36 bits per heavy atom. The number of ether oxygens (including phenoxy) is 2. The van der Waals surface area contributed by atoms with Gasteiger partial charge in [0.1, 0.15) is 0 Å². The Labute approximate surface area is 82.8 Å². The van der Waals surface area contributed by atoms with Gasteiger partial charge in [-0.15, -0.1) is 0 Å². The van der Waals surface area contributed by atoms with E-state index < -0.39 is 18.2 Å². The van der Waals surface area contributed by atoms with E-state index in [-0.39, 0.29) is 5.91 Å². The molecule has 2 atom stereocenters. The molecule has 0 spiro atoms. The fourth-order valence-electron chi connectivity index (χ4n) is 1.06. The van der Waals surface area contributed by atoms with E-state index in [1.807, 2.05) is 6.92 Å². The van der Waals surface area contributed by atoms with Crippen molar-refractivity contribution in [2.24, 2.45) is 0 Å². The molecule has 0 radical (unpaired) electrons. The van der Waals surface area contributed by atoms with Crippen LogP contribution in [0.2, 0.25) is 0 Å². The van der Waals surface area contributed by atoms with Gasteiger partial charge in [-0.2, -0.15) is 0 Å². The summed E-state index contributed by atoms with van der Waals surface area (Å²) < 4.78 is 9.61. The molecule has 0 aliphatic carbocycles. The summed E-state index contributed by atoms with van der Waals surface area (Å²) >= 11 is 0. The number of esters is 1. The second kappa shape index (κ2) is 4.95. The van der Waals surface area contributed by atoms with Crippen molar-refractivity contribution in [1.82, 2.24) is 5.32 Å². The highest BCUT2D eigenvalue weighted by Crippen LogP contribution is 2.23. The quantitative estimate of drug-likeness (QED) is 0.496. The molecule has 80 valence electrons. The van der Waals surface area contributed by atoms with Crippen molar-refractivity contribution in [1.29, 1.82) is 0 Å². The molecule has 1 heterocycles. The van der Waals surface area contributed by atoms with Crippen LogP contribution in [0.3, 0.4) is 0 Å². The van der Waals surface area contributed by atoms with Gasteiger partial charge < -0.3 is 14.8 Å². The topological polar surface area (TPSA) is 67.9 Å². The molecule has 1 aliphatic rings. The first-order valence-electron chi connectivity index (χ1n) is 4.80. The van der Waals surface area contributed by atoms with Gasteiger partial charge in [0.05, 0.1) is 6.61 Å². The highest BCUT2D eigenvalue weighted by molar-refractivity contribution is 5.92. The fourth-order valence-corrected chi connectivity index (χ4v) is 1.06. The van der Waals surface area contributed by atoms with Crippen molar-refractivity contribution in [2.75, 3.05) is 13.2 Å². The molecule has 1 N–H and O–H groups in total. The normalized spacial score (nSPS) is 24.1. The number of hydrogen-bond acceptors (Lipinski definition) is 4. The Kier molecular flexibility index (Phi) is 3.88. The van der Waals surface area contributed by atoms with E-state index in [4.69, 9.17) is 9.47 Å². The van der Waals surface area contributed by atoms with E-state index >= 15 is 0 Å². The summed E-state index contributed by atoms with van der Waals surface area (Å²) in [5, 5.41) is 2.65. The van der Waals surface area contributed by atoms with Crippen molar-refractivity contribution in [2.45, 2.75) is 32.5 Å². The predicted octanol–water partition coefficient (Wildman–Crippen LogP) is -0.157. The van der Waals surface area contributed by atoms with Crippen molar-refractivity contribution < 1.29 is 19.1 Å². The molecule has 0 aromatic rings. The van der Waals surface area contributed by atoms with E-state index in [0.717, 1.165) is 6.42 Å². The van der Waals surface area contributed by atoms with Gasteiger partial charge >= 0.3 is 5.97 Å². The lowest BCUT2D eigenvalue weighted by atomic mass is 10.3. The molecule has 1 aliphatic heterocycles. The van der Waals surface area contributed by atoms with Crippen LogP contribution in [0.5, 0.6) is 0 Å². The van der Waals surface area contributed by atoms with Crippen LogP contribution < -0.4 is 5.32 Å². The maximum Gasteiger partial charge on any atom is 0.338 e. The number of carbonyl (C=O) groups is 2. The summed E-state index contributed by atoms with van der Waals surface area (Å²) in [4.78, 5) is 22.3. The second-order valence-corrected chi connectivity index (χ2v) is 3.02. The molecule has 1 saturated heterocycles. The Hall–Kier alpha value is -1.10. The molecular formula is C9H15NO4. The van der Waals surface area contributed by atoms with Gasteiger partial charge in [0.25, 0.3) is 5.91 Å². The molecule has 0 saturated carbocycles. The van der Waals surface area contributed by atoms with Crippen LogP contribution in [-0.2, 0) is 19.1 Å². The Bertz CT molecular complexity index is 229. The third-order valence-corrected chi connectivity index (χ3v) is 1.82. The van der Waals surface area contributed by atoms with Gasteiger partial charge in [-0.3, -0.25) is 4.79 Å². The van der Waals surface area contributed by atoms with Crippen molar-refractivity contribution >= 4 is 11.9 Å². The molecule has 0 unspecified atom stereocenters. The minimum absolute atomic E-state index is 0.232. The molecule has 1 amide bonds. The molecule has 5 heteroatoms. The first kappa shape index (κ1) is 11.0. The van der Waals surface area contributed by atoms with Crippen LogP contribution >= 0.6 is 0 Å². The number of rotatable bonds is 5. The average Bonchev–Trinajstić information content (AvgIpc) is 2.94. The SMILES string of the molecule is CCCNC(=O)[C@@H]1O[C@H]1C(=O)OCC. The zero-order valence-electron chi connectivity index (χ0n) is 8.41. The number of hydrogen-bond donors (Lipinski definition) is 1. The first-order valence-corrected chi connectivity index (χ1v) is 4.80. The predicted molar refractivity (Wildman–Crippen MR) is 48.6 cm³/mol. The Morgan fingerprint density at radius 3 is 2.64 bits per heavy atom. The molecule has 1 rings (SSSR count). The minimum Gasteiger partial charge on any atom is -0.464 e. The largest absolute Gasteiger partial charge is 0.464 e. The number of epoxide rings is 1. The van der Waals surface area contributed by atoms with Crippen molar-refractivity contribution in [3.05, 3.63) is 0 Å². The van der Waals surface area contributed by atoms with Gasteiger partial charge in [0.15, 0.2) is 12.2 Å². The lowest BCUT2D eigenvalue weighted by Crippen LogP contribution is -2.31. The van der Waals surface area contributed by atoms with E-state index in [1.54, 1.807) is 6.92 Å². The molecule has 14 heavy (non-hydrogen) atoms. The Morgan fingerprint density at radius 2 is 2.07 bits per heavy atom. The zero-order chi connectivity index (χ0) is 10.6. The highest BCUT2D eigenvalue weighted by Gasteiger charge is 2.51. The van der Waals surface area contributed by atoms with Gasteiger partial charge in [-0.25, -0.2) is 4.79 Å². The minimum atomic E-state index is -0.688. The summed E-state index contributed by atoms with van der Waals surface area (Å²) in [6.45, 7) is 4.58. The number of amides is 1. The lowest BCUT2D eigenvalue weighted by molar-refractivity contribution is -0.144. The van der Waals surface area contributed by atoms with Crippen LogP contribution in [0.1, 0.15) is 20.3 Å². The lowest BCUT2D eigenvalue weighted by Gasteiger charge is -1.99.